The quantitative estimate of drug-likeness (QED) is 0.595. The Bertz CT molecular complexity index is 233. The molecule has 0 aromatic rings. The highest BCUT2D eigenvalue weighted by atomic mass is 16.5. The fourth-order valence-corrected chi connectivity index (χ4v) is 2.02. The van der Waals surface area contributed by atoms with Gasteiger partial charge in [0, 0.05) is 12.1 Å². The summed E-state index contributed by atoms with van der Waals surface area (Å²) in [5.41, 5.74) is 0. The molecule has 0 bridgehead atoms. The third-order valence-electron chi connectivity index (χ3n) is 2.87. The van der Waals surface area contributed by atoms with Gasteiger partial charge in [0.15, 0.2) is 0 Å². The van der Waals surface area contributed by atoms with Crippen LogP contribution in [0.3, 0.4) is 0 Å². The minimum atomic E-state index is -0.393. The maximum atomic E-state index is 11.9. The molecule has 1 fully saturated rings. The lowest BCUT2D eigenvalue weighted by Crippen LogP contribution is -2.45. The van der Waals surface area contributed by atoms with Crippen LogP contribution in [0.4, 0.5) is 0 Å². The van der Waals surface area contributed by atoms with Crippen molar-refractivity contribution in [3.05, 3.63) is 0 Å². The summed E-state index contributed by atoms with van der Waals surface area (Å²) in [6, 6.07) is 0.0874. The van der Waals surface area contributed by atoms with Crippen molar-refractivity contribution in [3.63, 3.8) is 0 Å². The Morgan fingerprint density at radius 2 is 2.19 bits per heavy atom. The molecular weight excluding hydrogens is 208 g/mol. The lowest BCUT2D eigenvalue weighted by Gasteiger charge is -2.20. The van der Waals surface area contributed by atoms with E-state index in [1.165, 1.54) is 0 Å². The molecule has 1 aliphatic rings. The van der Waals surface area contributed by atoms with Gasteiger partial charge >= 0.3 is 0 Å². The van der Waals surface area contributed by atoms with E-state index >= 15 is 0 Å². The predicted octanol–water partition coefficient (Wildman–Crippen LogP) is -0.504. The van der Waals surface area contributed by atoms with E-state index in [4.69, 9.17) is 4.74 Å². The lowest BCUT2D eigenvalue weighted by molar-refractivity contribution is -0.126. The van der Waals surface area contributed by atoms with Crippen LogP contribution in [-0.4, -0.2) is 49.5 Å². The van der Waals surface area contributed by atoms with Crippen molar-refractivity contribution >= 4 is 5.91 Å². The number of aliphatic hydroxyl groups excluding tert-OH is 1. The van der Waals surface area contributed by atoms with Crippen LogP contribution in [0, 0.1) is 5.92 Å². The fourth-order valence-electron chi connectivity index (χ4n) is 2.02. The van der Waals surface area contributed by atoms with Crippen molar-refractivity contribution < 1.29 is 14.6 Å². The normalized spacial score (nSPS) is 28.8. The Balaban J connectivity index is 2.39. The highest BCUT2D eigenvalue weighted by Crippen LogP contribution is 2.14. The smallest absolute Gasteiger partial charge is 0.227 e. The number of hydrogen-bond donors (Lipinski definition) is 3. The van der Waals surface area contributed by atoms with Gasteiger partial charge < -0.3 is 20.5 Å². The first-order valence-corrected chi connectivity index (χ1v) is 5.78. The number of ether oxygens (including phenoxy) is 1. The number of carbonyl (C=O) groups excluding carboxylic acids is 1. The molecule has 1 rings (SSSR count). The minimum Gasteiger partial charge on any atom is -0.393 e. The summed E-state index contributed by atoms with van der Waals surface area (Å²) in [6.45, 7) is 4.67. The lowest BCUT2D eigenvalue weighted by atomic mass is 10.0. The molecule has 1 saturated heterocycles. The molecule has 3 N–H and O–H groups in total. The number of likely N-dealkylation sites (N-methyl/N-ethyl adjacent to an activating group) is 1. The van der Waals surface area contributed by atoms with Gasteiger partial charge in [-0.25, -0.2) is 0 Å². The summed E-state index contributed by atoms with van der Waals surface area (Å²) in [6.07, 6.45) is 0.180. The van der Waals surface area contributed by atoms with E-state index in [0.29, 0.717) is 19.6 Å². The van der Waals surface area contributed by atoms with Crippen molar-refractivity contribution in [1.82, 2.24) is 10.6 Å². The average molecular weight is 230 g/mol. The first-order chi connectivity index (χ1) is 7.54. The van der Waals surface area contributed by atoms with Crippen LogP contribution in [-0.2, 0) is 9.53 Å². The van der Waals surface area contributed by atoms with Crippen LogP contribution in [0.15, 0.2) is 0 Å². The predicted molar refractivity (Wildman–Crippen MR) is 61.1 cm³/mol. The highest BCUT2D eigenvalue weighted by Gasteiger charge is 2.33. The summed E-state index contributed by atoms with van der Waals surface area (Å²) in [5, 5.41) is 15.2. The van der Waals surface area contributed by atoms with Gasteiger partial charge in [-0.05, 0) is 27.3 Å². The molecule has 5 nitrogen and oxygen atoms in total. The van der Waals surface area contributed by atoms with Crippen molar-refractivity contribution in [3.8, 4) is 0 Å². The number of rotatable bonds is 5. The zero-order chi connectivity index (χ0) is 12.1. The summed E-state index contributed by atoms with van der Waals surface area (Å²) >= 11 is 0. The molecule has 0 saturated carbocycles. The molecule has 0 aromatic heterocycles. The number of amides is 1. The van der Waals surface area contributed by atoms with Crippen LogP contribution in [0.2, 0.25) is 0 Å². The Morgan fingerprint density at radius 1 is 1.50 bits per heavy atom. The molecule has 0 spiro atoms. The number of aliphatic hydroxyl groups is 1. The van der Waals surface area contributed by atoms with Gasteiger partial charge in [-0.15, -0.1) is 0 Å². The molecule has 1 aliphatic heterocycles. The maximum Gasteiger partial charge on any atom is 0.227 e. The minimum absolute atomic E-state index is 0.00463. The van der Waals surface area contributed by atoms with Gasteiger partial charge in [0.25, 0.3) is 0 Å². The Hall–Kier alpha value is -0.650. The third kappa shape index (κ3) is 3.73. The van der Waals surface area contributed by atoms with E-state index in [9.17, 15) is 9.90 Å². The summed E-state index contributed by atoms with van der Waals surface area (Å²) in [7, 11) is 1.83. The topological polar surface area (TPSA) is 70.6 Å². The second-order valence-electron chi connectivity index (χ2n) is 4.53. The van der Waals surface area contributed by atoms with Gasteiger partial charge in [0.05, 0.1) is 25.2 Å². The SMILES string of the molecule is CNC1COCC1C(=O)NC(C)CC(C)O. The number of hydrogen-bond acceptors (Lipinski definition) is 4. The summed E-state index contributed by atoms with van der Waals surface area (Å²) in [4.78, 5) is 11.9. The average Bonchev–Trinajstić information content (AvgIpc) is 2.63. The van der Waals surface area contributed by atoms with Crippen LogP contribution in [0.25, 0.3) is 0 Å². The summed E-state index contributed by atoms with van der Waals surface area (Å²) < 4.78 is 5.27. The van der Waals surface area contributed by atoms with E-state index in [1.807, 2.05) is 14.0 Å². The highest BCUT2D eigenvalue weighted by molar-refractivity contribution is 5.80. The molecular formula is C11H22N2O3. The molecule has 0 aliphatic carbocycles. The fraction of sp³-hybridized carbons (Fsp3) is 0.909. The molecule has 1 amide bonds. The molecule has 0 aromatic carbocycles. The van der Waals surface area contributed by atoms with Crippen molar-refractivity contribution in [2.75, 3.05) is 20.3 Å². The van der Waals surface area contributed by atoms with E-state index in [-0.39, 0.29) is 23.9 Å². The van der Waals surface area contributed by atoms with Crippen molar-refractivity contribution in [1.29, 1.82) is 0 Å². The molecule has 4 unspecified atom stereocenters. The first-order valence-electron chi connectivity index (χ1n) is 5.78. The molecule has 4 atom stereocenters. The van der Waals surface area contributed by atoms with Crippen LogP contribution in [0.5, 0.6) is 0 Å². The van der Waals surface area contributed by atoms with Gasteiger partial charge in [-0.1, -0.05) is 0 Å². The largest absolute Gasteiger partial charge is 0.393 e. The summed E-state index contributed by atoms with van der Waals surface area (Å²) in [5.74, 6) is -0.119. The second-order valence-corrected chi connectivity index (χ2v) is 4.53. The monoisotopic (exact) mass is 230 g/mol. The van der Waals surface area contributed by atoms with Crippen molar-refractivity contribution in [2.45, 2.75) is 38.5 Å². The Morgan fingerprint density at radius 3 is 2.75 bits per heavy atom. The standard InChI is InChI=1S/C11H22N2O3/c1-7(4-8(2)14)13-11(15)9-5-16-6-10(9)12-3/h7-10,12,14H,4-6H2,1-3H3,(H,13,15). The Kier molecular flexibility index (Phi) is 5.18. The van der Waals surface area contributed by atoms with E-state index in [2.05, 4.69) is 10.6 Å². The molecule has 5 heteroatoms. The molecule has 16 heavy (non-hydrogen) atoms. The zero-order valence-corrected chi connectivity index (χ0v) is 10.2. The second kappa shape index (κ2) is 6.18. The molecule has 0 radical (unpaired) electrons. The third-order valence-corrected chi connectivity index (χ3v) is 2.87. The number of carbonyl (C=O) groups is 1. The van der Waals surface area contributed by atoms with Gasteiger partial charge in [0.1, 0.15) is 0 Å². The Labute approximate surface area is 96.6 Å². The van der Waals surface area contributed by atoms with E-state index in [1.54, 1.807) is 6.92 Å². The molecule has 94 valence electrons. The zero-order valence-electron chi connectivity index (χ0n) is 10.2. The van der Waals surface area contributed by atoms with Gasteiger partial charge in [-0.2, -0.15) is 0 Å². The van der Waals surface area contributed by atoms with Crippen molar-refractivity contribution in [2.24, 2.45) is 5.92 Å². The molecule has 1 heterocycles. The van der Waals surface area contributed by atoms with E-state index < -0.39 is 6.10 Å². The van der Waals surface area contributed by atoms with Crippen LogP contribution < -0.4 is 10.6 Å². The van der Waals surface area contributed by atoms with Gasteiger partial charge in [0.2, 0.25) is 5.91 Å². The first kappa shape index (κ1) is 13.4. The van der Waals surface area contributed by atoms with Crippen LogP contribution >= 0.6 is 0 Å². The van der Waals surface area contributed by atoms with Gasteiger partial charge in [-0.3, -0.25) is 4.79 Å². The maximum absolute atomic E-state index is 11.9. The number of nitrogens with one attached hydrogen (secondary N) is 2. The van der Waals surface area contributed by atoms with Crippen LogP contribution in [0.1, 0.15) is 20.3 Å². The van der Waals surface area contributed by atoms with E-state index in [0.717, 1.165) is 0 Å².